The Balaban J connectivity index is 1.32. The van der Waals surface area contributed by atoms with Crippen molar-refractivity contribution < 1.29 is 0 Å². The zero-order valence-electron chi connectivity index (χ0n) is 27.0. The van der Waals surface area contributed by atoms with Crippen molar-refractivity contribution in [3.8, 4) is 45.4 Å². The van der Waals surface area contributed by atoms with Crippen molar-refractivity contribution in [3.05, 3.63) is 170 Å². The van der Waals surface area contributed by atoms with Crippen LogP contribution < -0.4 is 0 Å². The van der Waals surface area contributed by atoms with E-state index < -0.39 is 0 Å². The first kappa shape index (κ1) is 28.3. The van der Waals surface area contributed by atoms with Crippen LogP contribution in [0.1, 0.15) is 0 Å². The van der Waals surface area contributed by atoms with Gasteiger partial charge < -0.3 is 0 Å². The number of hydrogen-bond acceptors (Lipinski definition) is 4. The fourth-order valence-corrected chi connectivity index (χ4v) is 7.54. The predicted molar refractivity (Wildman–Crippen MR) is 207 cm³/mol. The second kappa shape index (κ2) is 11.4. The monoisotopic (exact) mass is 636 g/mol. The molecule has 0 unspecified atom stereocenters. The lowest BCUT2D eigenvalue weighted by Gasteiger charge is -2.17. The van der Waals surface area contributed by atoms with Gasteiger partial charge in [0.05, 0.1) is 5.69 Å². The highest BCUT2D eigenvalue weighted by Crippen LogP contribution is 2.43. The van der Waals surface area contributed by atoms with Gasteiger partial charge in [0.1, 0.15) is 0 Å². The molecular formula is C46H28N4. The summed E-state index contributed by atoms with van der Waals surface area (Å²) in [6.07, 6.45) is 1.86. The lowest BCUT2D eigenvalue weighted by atomic mass is 9.89. The van der Waals surface area contributed by atoms with Gasteiger partial charge in [-0.2, -0.15) is 0 Å². The van der Waals surface area contributed by atoms with Crippen molar-refractivity contribution in [2.75, 3.05) is 0 Å². The molecule has 0 saturated carbocycles. The van der Waals surface area contributed by atoms with Gasteiger partial charge in [0.25, 0.3) is 0 Å². The zero-order valence-corrected chi connectivity index (χ0v) is 27.0. The minimum absolute atomic E-state index is 0.634. The van der Waals surface area contributed by atoms with Gasteiger partial charge in [-0.25, -0.2) is 15.0 Å². The highest BCUT2D eigenvalue weighted by Gasteiger charge is 2.22. The summed E-state index contributed by atoms with van der Waals surface area (Å²) in [5, 5.41) is 11.5. The largest absolute Gasteiger partial charge is 0.256 e. The molecule has 0 saturated heterocycles. The van der Waals surface area contributed by atoms with E-state index in [-0.39, 0.29) is 0 Å². The van der Waals surface area contributed by atoms with E-state index in [2.05, 4.69) is 133 Å². The zero-order chi connectivity index (χ0) is 33.0. The smallest absolute Gasteiger partial charge is 0.165 e. The molecule has 10 aromatic rings. The molecule has 50 heavy (non-hydrogen) atoms. The minimum atomic E-state index is 0.634. The molecule has 0 atom stereocenters. The van der Waals surface area contributed by atoms with Crippen LogP contribution in [-0.2, 0) is 0 Å². The molecule has 2 heterocycles. The van der Waals surface area contributed by atoms with E-state index in [4.69, 9.17) is 19.9 Å². The van der Waals surface area contributed by atoms with Gasteiger partial charge in [0.15, 0.2) is 17.5 Å². The first-order valence-electron chi connectivity index (χ1n) is 16.8. The molecule has 0 fully saturated rings. The van der Waals surface area contributed by atoms with E-state index in [1.165, 1.54) is 21.5 Å². The SMILES string of the molecule is c1ccc(-c2nc(-c3c4ccccc4c(-c4ccccn4)c4ccccc34)nc(-c3cc4ccc5ccccc5c4c4ccccc34)n2)cc1. The fourth-order valence-electron chi connectivity index (χ4n) is 7.54. The summed E-state index contributed by atoms with van der Waals surface area (Å²) < 4.78 is 0. The Morgan fingerprint density at radius 1 is 0.340 bits per heavy atom. The average Bonchev–Trinajstić information content (AvgIpc) is 3.19. The van der Waals surface area contributed by atoms with Gasteiger partial charge in [0, 0.05) is 28.5 Å². The summed E-state index contributed by atoms with van der Waals surface area (Å²) in [5.74, 6) is 1.91. The van der Waals surface area contributed by atoms with Gasteiger partial charge >= 0.3 is 0 Å². The van der Waals surface area contributed by atoms with Crippen molar-refractivity contribution in [1.82, 2.24) is 19.9 Å². The molecule has 232 valence electrons. The summed E-state index contributed by atoms with van der Waals surface area (Å²) in [7, 11) is 0. The van der Waals surface area contributed by atoms with Crippen LogP contribution in [0.25, 0.3) is 99.3 Å². The Kier molecular flexibility index (Phi) is 6.46. The lowest BCUT2D eigenvalue weighted by Crippen LogP contribution is -2.02. The minimum Gasteiger partial charge on any atom is -0.256 e. The van der Waals surface area contributed by atoms with Gasteiger partial charge in [-0.3, -0.25) is 4.98 Å². The Morgan fingerprint density at radius 2 is 0.880 bits per heavy atom. The summed E-state index contributed by atoms with van der Waals surface area (Å²) in [5.41, 5.74) is 4.93. The van der Waals surface area contributed by atoms with Crippen LogP contribution in [0, 0.1) is 0 Å². The molecule has 0 aliphatic rings. The maximum atomic E-state index is 5.38. The van der Waals surface area contributed by atoms with Crippen LogP contribution >= 0.6 is 0 Å². The number of pyridine rings is 1. The van der Waals surface area contributed by atoms with E-state index in [0.29, 0.717) is 17.5 Å². The summed E-state index contributed by atoms with van der Waals surface area (Å²) in [6, 6.07) is 57.2. The molecule has 0 radical (unpaired) electrons. The van der Waals surface area contributed by atoms with Crippen molar-refractivity contribution in [2.24, 2.45) is 0 Å². The Bertz CT molecular complexity index is 2860. The van der Waals surface area contributed by atoms with Crippen molar-refractivity contribution in [2.45, 2.75) is 0 Å². The molecule has 0 aliphatic heterocycles. The van der Waals surface area contributed by atoms with E-state index in [9.17, 15) is 0 Å². The third-order valence-corrected chi connectivity index (χ3v) is 9.73. The van der Waals surface area contributed by atoms with Crippen molar-refractivity contribution in [1.29, 1.82) is 0 Å². The van der Waals surface area contributed by atoms with Crippen LogP contribution in [-0.4, -0.2) is 19.9 Å². The molecule has 0 bridgehead atoms. The van der Waals surface area contributed by atoms with Crippen LogP contribution in [0.2, 0.25) is 0 Å². The Morgan fingerprint density at radius 3 is 1.58 bits per heavy atom. The quantitative estimate of drug-likeness (QED) is 0.142. The number of nitrogens with zero attached hydrogens (tertiary/aromatic N) is 4. The second-order valence-electron chi connectivity index (χ2n) is 12.6. The van der Waals surface area contributed by atoms with Crippen LogP contribution in [0.4, 0.5) is 0 Å². The van der Waals surface area contributed by atoms with Crippen LogP contribution in [0.15, 0.2) is 170 Å². The normalized spacial score (nSPS) is 11.6. The van der Waals surface area contributed by atoms with E-state index in [0.717, 1.165) is 60.3 Å². The molecule has 2 aromatic heterocycles. The molecule has 0 N–H and O–H groups in total. The van der Waals surface area contributed by atoms with Gasteiger partial charge in [-0.15, -0.1) is 0 Å². The van der Waals surface area contributed by atoms with E-state index in [1.54, 1.807) is 0 Å². The molecule has 10 rings (SSSR count). The first-order chi connectivity index (χ1) is 24.8. The maximum Gasteiger partial charge on any atom is 0.165 e. The Hall–Kier alpha value is -6.78. The van der Waals surface area contributed by atoms with Crippen molar-refractivity contribution in [3.63, 3.8) is 0 Å². The van der Waals surface area contributed by atoms with Gasteiger partial charge in [-0.1, -0.05) is 146 Å². The number of hydrogen-bond donors (Lipinski definition) is 0. The second-order valence-corrected chi connectivity index (χ2v) is 12.6. The average molecular weight is 637 g/mol. The molecular weight excluding hydrogens is 609 g/mol. The topological polar surface area (TPSA) is 51.6 Å². The predicted octanol–water partition coefficient (Wildman–Crippen LogP) is 11.7. The van der Waals surface area contributed by atoms with E-state index >= 15 is 0 Å². The molecule has 4 nitrogen and oxygen atoms in total. The number of rotatable bonds is 4. The fraction of sp³-hybridized carbons (Fsp3) is 0. The third kappa shape index (κ3) is 4.46. The number of aromatic nitrogens is 4. The maximum absolute atomic E-state index is 5.38. The summed E-state index contributed by atoms with van der Waals surface area (Å²) >= 11 is 0. The van der Waals surface area contributed by atoms with Crippen LogP contribution in [0.5, 0.6) is 0 Å². The number of fused-ring (bicyclic) bond motifs is 7. The van der Waals surface area contributed by atoms with Gasteiger partial charge in [0.2, 0.25) is 0 Å². The molecule has 0 aliphatic carbocycles. The lowest BCUT2D eigenvalue weighted by molar-refractivity contribution is 1.08. The first-order valence-corrected chi connectivity index (χ1v) is 16.8. The highest BCUT2D eigenvalue weighted by atomic mass is 15.0. The van der Waals surface area contributed by atoms with Crippen LogP contribution in [0.3, 0.4) is 0 Å². The number of benzene rings is 8. The van der Waals surface area contributed by atoms with Crippen molar-refractivity contribution >= 4 is 53.9 Å². The summed E-state index contributed by atoms with van der Waals surface area (Å²) in [6.45, 7) is 0. The molecule has 8 aromatic carbocycles. The Labute approximate surface area is 288 Å². The molecule has 0 spiro atoms. The highest BCUT2D eigenvalue weighted by molar-refractivity contribution is 6.23. The molecule has 0 amide bonds. The van der Waals surface area contributed by atoms with Gasteiger partial charge in [-0.05, 0) is 72.1 Å². The standard InChI is InChI=1S/C46H28N4/c1-2-15-30(16-3-1)44-48-45(39-28-31-26-25-29-14-4-5-17-32(29)41(31)34-19-7-6-18-33(34)39)50-46(49-44)43-37-22-10-8-20-35(37)42(40-24-12-13-27-47-40)36-21-9-11-23-38(36)43/h1-28H. The molecule has 4 heteroatoms. The third-order valence-electron chi connectivity index (χ3n) is 9.73. The summed E-state index contributed by atoms with van der Waals surface area (Å²) in [4.78, 5) is 20.6. The van der Waals surface area contributed by atoms with E-state index in [1.807, 2.05) is 36.5 Å².